The molecule has 4 aromatic carbocycles. The third-order valence-electron chi connectivity index (χ3n) is 7.65. The molecule has 220 valence electrons. The monoisotopic (exact) mass is 567 g/mol. The number of nitrogens with zero attached hydrogens (tertiary/aromatic N) is 1. The third kappa shape index (κ3) is 8.82. The van der Waals surface area contributed by atoms with E-state index in [1.54, 1.807) is 0 Å². The third-order valence-corrected chi connectivity index (χ3v) is 7.65. The zero-order valence-corrected chi connectivity index (χ0v) is 24.0. The van der Waals surface area contributed by atoms with Gasteiger partial charge in [0.15, 0.2) is 0 Å². The van der Waals surface area contributed by atoms with Gasteiger partial charge in [-0.25, -0.2) is 0 Å². The lowest BCUT2D eigenvalue weighted by molar-refractivity contribution is -0.209. The fourth-order valence-corrected chi connectivity index (χ4v) is 5.40. The standard InChI is InChI=1S/C36H41NO5/c38-24-33-35(41-27-31-17-9-3-10-18-31)36(42-28-32-19-11-4-12-20-32)34(40-26-30-15-7-2-8-16-30)23-37(33)21-22-39-25-29-13-5-1-6-14-29/h1-20,33-36,38H,21-28H2/t33-,34+,35-,36-/m1/s1. The van der Waals surface area contributed by atoms with Crippen molar-refractivity contribution in [3.8, 4) is 0 Å². The average Bonchev–Trinajstić information content (AvgIpc) is 3.06. The van der Waals surface area contributed by atoms with Gasteiger partial charge in [-0.05, 0) is 22.3 Å². The molecule has 0 bridgehead atoms. The van der Waals surface area contributed by atoms with E-state index in [4.69, 9.17) is 18.9 Å². The number of hydrogen-bond donors (Lipinski definition) is 1. The molecule has 4 aromatic rings. The molecule has 1 saturated heterocycles. The maximum absolute atomic E-state index is 10.7. The summed E-state index contributed by atoms with van der Waals surface area (Å²) in [6, 6.07) is 40.3. The van der Waals surface area contributed by atoms with Crippen molar-refractivity contribution in [3.63, 3.8) is 0 Å². The molecule has 6 heteroatoms. The minimum absolute atomic E-state index is 0.0608. The van der Waals surface area contributed by atoms with Crippen LogP contribution < -0.4 is 0 Å². The van der Waals surface area contributed by atoms with Crippen LogP contribution in [0.25, 0.3) is 0 Å². The van der Waals surface area contributed by atoms with E-state index >= 15 is 0 Å². The van der Waals surface area contributed by atoms with Gasteiger partial charge in [0.2, 0.25) is 0 Å². The first-order chi connectivity index (χ1) is 20.8. The SMILES string of the molecule is OC[C@@H]1[C@@H](OCc2ccccc2)[C@H](OCc2ccccc2)[C@@H](OCc2ccccc2)CN1CCOCc1ccccc1. The van der Waals surface area contributed by atoms with E-state index in [2.05, 4.69) is 53.4 Å². The second-order valence-electron chi connectivity index (χ2n) is 10.6. The number of aliphatic hydroxyl groups excluding tert-OH is 1. The summed E-state index contributed by atoms with van der Waals surface area (Å²) in [5.74, 6) is 0. The molecule has 0 aromatic heterocycles. The molecule has 0 unspecified atom stereocenters. The first-order valence-corrected chi connectivity index (χ1v) is 14.7. The highest BCUT2D eigenvalue weighted by Gasteiger charge is 2.45. The van der Waals surface area contributed by atoms with Gasteiger partial charge < -0.3 is 24.1 Å². The van der Waals surface area contributed by atoms with Crippen LogP contribution in [-0.2, 0) is 45.4 Å². The summed E-state index contributed by atoms with van der Waals surface area (Å²) in [5, 5.41) is 10.7. The zero-order chi connectivity index (χ0) is 28.8. The van der Waals surface area contributed by atoms with Crippen LogP contribution in [0, 0.1) is 0 Å². The van der Waals surface area contributed by atoms with Crippen LogP contribution in [-0.4, -0.2) is 60.7 Å². The molecule has 0 aliphatic carbocycles. The molecule has 1 aliphatic heterocycles. The molecule has 0 radical (unpaired) electrons. The highest BCUT2D eigenvalue weighted by Crippen LogP contribution is 2.28. The first kappa shape index (κ1) is 30.1. The van der Waals surface area contributed by atoms with Gasteiger partial charge in [-0.2, -0.15) is 0 Å². The highest BCUT2D eigenvalue weighted by molar-refractivity contribution is 5.16. The lowest BCUT2D eigenvalue weighted by Gasteiger charge is -2.48. The minimum Gasteiger partial charge on any atom is -0.395 e. The summed E-state index contributed by atoms with van der Waals surface area (Å²) >= 11 is 0. The van der Waals surface area contributed by atoms with Crippen molar-refractivity contribution in [2.75, 3.05) is 26.3 Å². The summed E-state index contributed by atoms with van der Waals surface area (Å²) in [6.07, 6.45) is -1.06. The number of piperidine rings is 1. The van der Waals surface area contributed by atoms with Gasteiger partial charge in [0.05, 0.1) is 51.8 Å². The highest BCUT2D eigenvalue weighted by atomic mass is 16.6. The molecule has 0 saturated carbocycles. The summed E-state index contributed by atoms with van der Waals surface area (Å²) in [6.45, 7) is 3.55. The Hall–Kier alpha value is -3.36. The Morgan fingerprint density at radius 1 is 0.548 bits per heavy atom. The number of rotatable bonds is 15. The largest absolute Gasteiger partial charge is 0.395 e. The number of hydrogen-bond acceptors (Lipinski definition) is 6. The maximum Gasteiger partial charge on any atom is 0.113 e. The van der Waals surface area contributed by atoms with Gasteiger partial charge in [0, 0.05) is 13.1 Å². The molecule has 0 amide bonds. The summed E-state index contributed by atoms with van der Waals surface area (Å²) in [4.78, 5) is 2.23. The van der Waals surface area contributed by atoms with Crippen LogP contribution in [0.15, 0.2) is 121 Å². The van der Waals surface area contributed by atoms with Gasteiger partial charge in [0.25, 0.3) is 0 Å². The molecule has 0 spiro atoms. The molecular weight excluding hydrogens is 526 g/mol. The number of aliphatic hydroxyl groups is 1. The Morgan fingerprint density at radius 3 is 1.45 bits per heavy atom. The zero-order valence-electron chi connectivity index (χ0n) is 24.0. The topological polar surface area (TPSA) is 60.4 Å². The first-order valence-electron chi connectivity index (χ1n) is 14.7. The lowest BCUT2D eigenvalue weighted by Crippen LogP contribution is -2.64. The quantitative estimate of drug-likeness (QED) is 0.188. The molecule has 1 heterocycles. The van der Waals surface area contributed by atoms with Gasteiger partial charge in [0.1, 0.15) is 12.2 Å². The van der Waals surface area contributed by atoms with Crippen LogP contribution in [0.1, 0.15) is 22.3 Å². The van der Waals surface area contributed by atoms with E-state index in [-0.39, 0.29) is 24.9 Å². The van der Waals surface area contributed by atoms with Crippen molar-refractivity contribution < 1.29 is 24.1 Å². The van der Waals surface area contributed by atoms with Crippen molar-refractivity contribution >= 4 is 0 Å². The normalized spacial score (nSPS) is 20.9. The Morgan fingerprint density at radius 2 is 0.976 bits per heavy atom. The van der Waals surface area contributed by atoms with Crippen molar-refractivity contribution in [2.24, 2.45) is 0 Å². The van der Waals surface area contributed by atoms with Crippen LogP contribution >= 0.6 is 0 Å². The van der Waals surface area contributed by atoms with Gasteiger partial charge >= 0.3 is 0 Å². The van der Waals surface area contributed by atoms with Crippen LogP contribution in [0.4, 0.5) is 0 Å². The summed E-state index contributed by atoms with van der Waals surface area (Å²) in [5.41, 5.74) is 4.39. The molecular formula is C36H41NO5. The number of likely N-dealkylation sites (tertiary alicyclic amines) is 1. The van der Waals surface area contributed by atoms with Crippen LogP contribution in [0.2, 0.25) is 0 Å². The van der Waals surface area contributed by atoms with Crippen LogP contribution in [0.3, 0.4) is 0 Å². The molecule has 6 nitrogen and oxygen atoms in total. The molecule has 42 heavy (non-hydrogen) atoms. The van der Waals surface area contributed by atoms with Crippen molar-refractivity contribution in [2.45, 2.75) is 50.8 Å². The van der Waals surface area contributed by atoms with Crippen molar-refractivity contribution in [3.05, 3.63) is 144 Å². The minimum atomic E-state index is -0.414. The lowest BCUT2D eigenvalue weighted by atomic mass is 9.93. The van der Waals surface area contributed by atoms with E-state index in [1.165, 1.54) is 0 Å². The predicted octanol–water partition coefficient (Wildman–Crippen LogP) is 5.64. The smallest absolute Gasteiger partial charge is 0.113 e. The Balaban J connectivity index is 1.34. The number of benzene rings is 4. The van der Waals surface area contributed by atoms with E-state index in [0.29, 0.717) is 46.1 Å². The van der Waals surface area contributed by atoms with Crippen LogP contribution in [0.5, 0.6) is 0 Å². The predicted molar refractivity (Wildman–Crippen MR) is 164 cm³/mol. The molecule has 5 rings (SSSR count). The Kier molecular flexibility index (Phi) is 11.7. The fraction of sp³-hybridized carbons (Fsp3) is 0.333. The maximum atomic E-state index is 10.7. The summed E-state index contributed by atoms with van der Waals surface area (Å²) in [7, 11) is 0. The molecule has 4 atom stereocenters. The second-order valence-corrected chi connectivity index (χ2v) is 10.6. The van der Waals surface area contributed by atoms with Crippen molar-refractivity contribution in [1.29, 1.82) is 0 Å². The van der Waals surface area contributed by atoms with Gasteiger partial charge in [-0.1, -0.05) is 121 Å². The average molecular weight is 568 g/mol. The van der Waals surface area contributed by atoms with E-state index < -0.39 is 6.10 Å². The molecule has 1 N–H and O–H groups in total. The molecule has 1 aliphatic rings. The van der Waals surface area contributed by atoms with Gasteiger partial charge in [-0.15, -0.1) is 0 Å². The number of ether oxygens (including phenoxy) is 4. The van der Waals surface area contributed by atoms with Crippen molar-refractivity contribution in [1.82, 2.24) is 4.90 Å². The van der Waals surface area contributed by atoms with E-state index in [9.17, 15) is 5.11 Å². The summed E-state index contributed by atoms with van der Waals surface area (Å²) < 4.78 is 25.9. The van der Waals surface area contributed by atoms with E-state index in [1.807, 2.05) is 72.8 Å². The molecule has 1 fully saturated rings. The van der Waals surface area contributed by atoms with Gasteiger partial charge in [-0.3, -0.25) is 4.90 Å². The Bertz CT molecular complexity index is 1280. The second kappa shape index (κ2) is 16.3. The fourth-order valence-electron chi connectivity index (χ4n) is 5.40. The Labute approximate surface area is 249 Å². The van der Waals surface area contributed by atoms with E-state index in [0.717, 1.165) is 22.3 Å².